The largest absolute Gasteiger partial charge is 0.437 e. The Morgan fingerprint density at radius 3 is 2.52 bits per heavy atom. The van der Waals surface area contributed by atoms with Crippen molar-refractivity contribution in [1.82, 2.24) is 20.0 Å². The average molecular weight is 426 g/mol. The number of hydrogen-bond donors (Lipinski definition) is 1. The van der Waals surface area contributed by atoms with Crippen LogP contribution in [-0.2, 0) is 29.2 Å². The van der Waals surface area contributed by atoms with Crippen molar-refractivity contribution >= 4 is 5.91 Å². The van der Waals surface area contributed by atoms with E-state index < -0.39 is 11.6 Å². The second-order valence-electron chi connectivity index (χ2n) is 7.27. The SMILES string of the molecule is O=C(Cn1nc(-c2ccc(F)cc2)oc1=O)NCc1ccccc1CN1CCOCC1. The fourth-order valence-corrected chi connectivity index (χ4v) is 3.39. The first-order valence-corrected chi connectivity index (χ1v) is 10.1. The summed E-state index contributed by atoms with van der Waals surface area (Å²) >= 11 is 0. The topological polar surface area (TPSA) is 89.6 Å². The highest BCUT2D eigenvalue weighted by atomic mass is 19.1. The minimum atomic E-state index is -0.748. The van der Waals surface area contributed by atoms with Crippen LogP contribution < -0.4 is 11.1 Å². The average Bonchev–Trinajstić information content (AvgIpc) is 3.14. The molecule has 0 aliphatic carbocycles. The van der Waals surface area contributed by atoms with Crippen molar-refractivity contribution in [2.24, 2.45) is 0 Å². The lowest BCUT2D eigenvalue weighted by molar-refractivity contribution is -0.122. The maximum Gasteiger partial charge on any atom is 0.437 e. The van der Waals surface area contributed by atoms with Crippen LogP contribution in [0.2, 0.25) is 0 Å². The van der Waals surface area contributed by atoms with Crippen LogP contribution in [0.1, 0.15) is 11.1 Å². The lowest BCUT2D eigenvalue weighted by Crippen LogP contribution is -2.36. The Hall–Kier alpha value is -3.30. The van der Waals surface area contributed by atoms with Crippen LogP contribution in [0.3, 0.4) is 0 Å². The van der Waals surface area contributed by atoms with Gasteiger partial charge in [-0.15, -0.1) is 5.10 Å². The van der Waals surface area contributed by atoms with E-state index in [9.17, 15) is 14.0 Å². The second-order valence-corrected chi connectivity index (χ2v) is 7.27. The van der Waals surface area contributed by atoms with Crippen LogP contribution in [0, 0.1) is 5.82 Å². The smallest absolute Gasteiger partial charge is 0.388 e. The van der Waals surface area contributed by atoms with E-state index in [0.29, 0.717) is 12.1 Å². The normalized spacial score (nSPS) is 14.5. The van der Waals surface area contributed by atoms with E-state index in [1.165, 1.54) is 24.3 Å². The number of carbonyl (C=O) groups is 1. The maximum absolute atomic E-state index is 13.1. The third kappa shape index (κ3) is 5.44. The van der Waals surface area contributed by atoms with E-state index in [4.69, 9.17) is 9.15 Å². The summed E-state index contributed by atoms with van der Waals surface area (Å²) in [6.45, 7) is 4.08. The first-order chi connectivity index (χ1) is 15.1. The molecule has 1 amide bonds. The number of aromatic nitrogens is 2. The van der Waals surface area contributed by atoms with Gasteiger partial charge < -0.3 is 14.5 Å². The fraction of sp³-hybridized carbons (Fsp3) is 0.318. The van der Waals surface area contributed by atoms with Gasteiger partial charge in [-0.05, 0) is 35.4 Å². The summed E-state index contributed by atoms with van der Waals surface area (Å²) in [4.78, 5) is 26.7. The van der Waals surface area contributed by atoms with Gasteiger partial charge in [-0.3, -0.25) is 9.69 Å². The Kier molecular flexibility index (Phi) is 6.54. The molecule has 3 aromatic rings. The summed E-state index contributed by atoms with van der Waals surface area (Å²) in [5, 5.41) is 6.87. The van der Waals surface area contributed by atoms with Gasteiger partial charge >= 0.3 is 5.76 Å². The van der Waals surface area contributed by atoms with Crippen LogP contribution in [0.25, 0.3) is 11.5 Å². The monoisotopic (exact) mass is 426 g/mol. The van der Waals surface area contributed by atoms with Crippen molar-refractivity contribution in [1.29, 1.82) is 0 Å². The highest BCUT2D eigenvalue weighted by Crippen LogP contribution is 2.16. The summed E-state index contributed by atoms with van der Waals surface area (Å²) < 4.78 is 24.5. The molecular weight excluding hydrogens is 403 g/mol. The zero-order chi connectivity index (χ0) is 21.6. The summed E-state index contributed by atoms with van der Waals surface area (Å²) in [5.41, 5.74) is 2.61. The van der Waals surface area contributed by atoms with Crippen LogP contribution in [-0.4, -0.2) is 46.9 Å². The van der Waals surface area contributed by atoms with Crippen molar-refractivity contribution in [3.63, 3.8) is 0 Å². The molecule has 0 unspecified atom stereocenters. The summed E-state index contributed by atoms with van der Waals surface area (Å²) in [6, 6.07) is 13.3. The number of carbonyl (C=O) groups excluding carboxylic acids is 1. The highest BCUT2D eigenvalue weighted by molar-refractivity contribution is 5.75. The molecule has 8 nitrogen and oxygen atoms in total. The molecule has 1 aliphatic rings. The van der Waals surface area contributed by atoms with Gasteiger partial charge in [-0.1, -0.05) is 24.3 Å². The summed E-state index contributed by atoms with van der Waals surface area (Å²) in [5.74, 6) is -1.48. The third-order valence-corrected chi connectivity index (χ3v) is 5.08. The number of nitrogens with one attached hydrogen (secondary N) is 1. The molecule has 1 fully saturated rings. The summed E-state index contributed by atoms with van der Waals surface area (Å²) in [7, 11) is 0. The molecule has 0 spiro atoms. The molecule has 162 valence electrons. The number of ether oxygens (including phenoxy) is 1. The molecule has 2 heterocycles. The van der Waals surface area contributed by atoms with Gasteiger partial charge in [0.15, 0.2) is 0 Å². The van der Waals surface area contributed by atoms with Crippen molar-refractivity contribution in [2.75, 3.05) is 26.3 Å². The highest BCUT2D eigenvalue weighted by Gasteiger charge is 2.15. The van der Waals surface area contributed by atoms with Crippen LogP contribution in [0.4, 0.5) is 4.39 Å². The predicted molar refractivity (Wildman–Crippen MR) is 111 cm³/mol. The van der Waals surface area contributed by atoms with Gasteiger partial charge in [-0.2, -0.15) is 4.68 Å². The predicted octanol–water partition coefficient (Wildman–Crippen LogP) is 1.79. The lowest BCUT2D eigenvalue weighted by atomic mass is 10.1. The lowest BCUT2D eigenvalue weighted by Gasteiger charge is -2.27. The quantitative estimate of drug-likeness (QED) is 0.620. The molecule has 0 radical (unpaired) electrons. The number of rotatable bonds is 7. The van der Waals surface area contributed by atoms with Crippen LogP contribution in [0.5, 0.6) is 0 Å². The van der Waals surface area contributed by atoms with Gasteiger partial charge in [0, 0.05) is 31.7 Å². The van der Waals surface area contributed by atoms with Crippen molar-refractivity contribution in [2.45, 2.75) is 19.6 Å². The molecule has 2 aromatic carbocycles. The van der Waals surface area contributed by atoms with E-state index in [0.717, 1.165) is 48.7 Å². The number of nitrogens with zero attached hydrogens (tertiary/aromatic N) is 3. The van der Waals surface area contributed by atoms with E-state index >= 15 is 0 Å². The molecule has 0 bridgehead atoms. The van der Waals surface area contributed by atoms with Gasteiger partial charge in [-0.25, -0.2) is 9.18 Å². The van der Waals surface area contributed by atoms with E-state index in [-0.39, 0.29) is 18.3 Å². The van der Waals surface area contributed by atoms with Crippen LogP contribution >= 0.6 is 0 Å². The standard InChI is InChI=1S/C22H23FN4O4/c23-19-7-5-16(6-8-19)21-25-27(22(29)31-21)15-20(28)24-13-17-3-1-2-4-18(17)14-26-9-11-30-12-10-26/h1-8H,9-15H2,(H,24,28). The molecule has 1 aromatic heterocycles. The van der Waals surface area contributed by atoms with Crippen molar-refractivity contribution < 1.29 is 18.3 Å². The minimum Gasteiger partial charge on any atom is -0.388 e. The Morgan fingerprint density at radius 2 is 1.77 bits per heavy atom. The Balaban J connectivity index is 1.37. The van der Waals surface area contributed by atoms with Crippen molar-refractivity contribution in [3.8, 4) is 11.5 Å². The van der Waals surface area contributed by atoms with E-state index in [2.05, 4.69) is 15.3 Å². The first-order valence-electron chi connectivity index (χ1n) is 10.1. The fourth-order valence-electron chi connectivity index (χ4n) is 3.39. The zero-order valence-electron chi connectivity index (χ0n) is 16.9. The van der Waals surface area contributed by atoms with E-state index in [1.54, 1.807) is 0 Å². The van der Waals surface area contributed by atoms with Crippen molar-refractivity contribution in [3.05, 3.63) is 76.0 Å². The minimum absolute atomic E-state index is 0.0358. The zero-order valence-corrected chi connectivity index (χ0v) is 16.9. The van der Waals surface area contributed by atoms with Gasteiger partial charge in [0.2, 0.25) is 11.8 Å². The number of hydrogen-bond acceptors (Lipinski definition) is 6. The molecule has 31 heavy (non-hydrogen) atoms. The molecule has 9 heteroatoms. The number of amides is 1. The molecule has 1 aliphatic heterocycles. The third-order valence-electron chi connectivity index (χ3n) is 5.08. The molecular formula is C22H23FN4O4. The molecule has 0 atom stereocenters. The van der Waals surface area contributed by atoms with E-state index in [1.807, 2.05) is 24.3 Å². The maximum atomic E-state index is 13.1. The van der Waals surface area contributed by atoms with Crippen LogP contribution in [0.15, 0.2) is 57.7 Å². The Morgan fingerprint density at radius 1 is 1.06 bits per heavy atom. The molecule has 4 rings (SSSR count). The molecule has 1 N–H and O–H groups in total. The second kappa shape index (κ2) is 9.67. The van der Waals surface area contributed by atoms with Gasteiger partial charge in [0.25, 0.3) is 0 Å². The number of benzene rings is 2. The van der Waals surface area contributed by atoms with Gasteiger partial charge in [0.05, 0.1) is 13.2 Å². The molecule has 0 saturated carbocycles. The number of halogens is 1. The molecule has 1 saturated heterocycles. The first kappa shape index (κ1) is 21.0. The Bertz CT molecular complexity index is 1090. The van der Waals surface area contributed by atoms with Gasteiger partial charge in [0.1, 0.15) is 12.4 Å². The Labute approximate surface area is 178 Å². The summed E-state index contributed by atoms with van der Waals surface area (Å²) in [6.07, 6.45) is 0. The number of morpholine rings is 1.